The van der Waals surface area contributed by atoms with Gasteiger partial charge in [0.2, 0.25) is 0 Å². The zero-order chi connectivity index (χ0) is 23.0. The number of nitrogens with zero attached hydrogens (tertiary/aromatic N) is 2. The first kappa shape index (κ1) is 21.8. The molecule has 9 heteroatoms. The van der Waals surface area contributed by atoms with Crippen molar-refractivity contribution < 1.29 is 22.8 Å². The number of aryl methyl sites for hydroxylation is 1. The van der Waals surface area contributed by atoms with Crippen LogP contribution in [-0.4, -0.2) is 21.5 Å². The molecule has 1 saturated heterocycles. The Labute approximate surface area is 187 Å². The summed E-state index contributed by atoms with van der Waals surface area (Å²) in [6.45, 7) is 2.79. The van der Waals surface area contributed by atoms with Gasteiger partial charge in [0.1, 0.15) is 5.57 Å². The van der Waals surface area contributed by atoms with Gasteiger partial charge in [-0.3, -0.25) is 19.8 Å². The van der Waals surface area contributed by atoms with Crippen LogP contribution in [0.25, 0.3) is 17.0 Å². The van der Waals surface area contributed by atoms with Gasteiger partial charge in [-0.25, -0.2) is 0 Å². The molecule has 164 valence electrons. The summed E-state index contributed by atoms with van der Waals surface area (Å²) in [4.78, 5) is 26.7. The van der Waals surface area contributed by atoms with Gasteiger partial charge >= 0.3 is 6.18 Å². The van der Waals surface area contributed by atoms with E-state index >= 15 is 0 Å². The molecule has 0 aliphatic carbocycles. The minimum Gasteiger partial charge on any atom is -0.347 e. The SMILES string of the molecule is CCCn1cc(C=C2C(=O)NC(=S)N(c3cccc(C(F)(F)F)c3)C2=O)c2ccccc21. The maximum Gasteiger partial charge on any atom is 0.416 e. The molecular weight excluding hydrogens is 439 g/mol. The van der Waals surface area contributed by atoms with Crippen LogP contribution in [0.1, 0.15) is 24.5 Å². The first-order valence-corrected chi connectivity index (χ1v) is 10.3. The highest BCUT2D eigenvalue weighted by Gasteiger charge is 2.36. The molecule has 2 amide bonds. The lowest BCUT2D eigenvalue weighted by molar-refractivity contribution is -0.137. The van der Waals surface area contributed by atoms with Crippen LogP contribution in [0.5, 0.6) is 0 Å². The van der Waals surface area contributed by atoms with Crippen LogP contribution in [0, 0.1) is 0 Å². The lowest BCUT2D eigenvalue weighted by Gasteiger charge is -2.29. The molecule has 0 radical (unpaired) electrons. The Morgan fingerprint density at radius 3 is 2.56 bits per heavy atom. The number of hydrogen-bond donors (Lipinski definition) is 1. The van der Waals surface area contributed by atoms with Crippen LogP contribution in [-0.2, 0) is 22.3 Å². The minimum atomic E-state index is -4.58. The quantitative estimate of drug-likeness (QED) is 0.344. The van der Waals surface area contributed by atoms with Crippen LogP contribution < -0.4 is 10.2 Å². The first-order chi connectivity index (χ1) is 15.2. The molecule has 0 spiro atoms. The number of para-hydroxylation sites is 1. The van der Waals surface area contributed by atoms with Crippen molar-refractivity contribution in [1.29, 1.82) is 0 Å². The highest BCUT2D eigenvalue weighted by molar-refractivity contribution is 7.80. The molecule has 32 heavy (non-hydrogen) atoms. The van der Waals surface area contributed by atoms with Crippen molar-refractivity contribution in [2.24, 2.45) is 0 Å². The summed E-state index contributed by atoms with van der Waals surface area (Å²) < 4.78 is 41.5. The topological polar surface area (TPSA) is 54.3 Å². The number of anilines is 1. The van der Waals surface area contributed by atoms with E-state index in [-0.39, 0.29) is 16.4 Å². The van der Waals surface area contributed by atoms with Gasteiger partial charge in [0, 0.05) is 29.2 Å². The van der Waals surface area contributed by atoms with Crippen molar-refractivity contribution in [3.8, 4) is 0 Å². The highest BCUT2D eigenvalue weighted by atomic mass is 32.1. The molecule has 5 nitrogen and oxygen atoms in total. The Kier molecular flexibility index (Phi) is 5.60. The third-order valence-electron chi connectivity index (χ3n) is 5.12. The van der Waals surface area contributed by atoms with E-state index in [1.165, 1.54) is 18.2 Å². The average Bonchev–Trinajstić information content (AvgIpc) is 3.08. The standard InChI is InChI=1S/C23H18F3N3O2S/c1-2-10-28-13-14(17-8-3-4-9-19(17)28)11-18-20(30)27-22(32)29(21(18)31)16-7-5-6-15(12-16)23(24,25)26/h3-9,11-13H,2,10H2,1H3,(H,27,30,32). The number of carbonyl (C=O) groups is 2. The molecule has 1 aromatic heterocycles. The summed E-state index contributed by atoms with van der Waals surface area (Å²) in [7, 11) is 0. The lowest BCUT2D eigenvalue weighted by atomic mass is 10.1. The number of aromatic nitrogens is 1. The molecule has 0 saturated carbocycles. The zero-order valence-corrected chi connectivity index (χ0v) is 17.8. The predicted molar refractivity (Wildman–Crippen MR) is 120 cm³/mol. The van der Waals surface area contributed by atoms with E-state index in [2.05, 4.69) is 5.32 Å². The molecular formula is C23H18F3N3O2S. The van der Waals surface area contributed by atoms with Crippen molar-refractivity contribution in [3.05, 3.63) is 71.4 Å². The molecule has 1 aliphatic rings. The number of rotatable bonds is 4. The monoisotopic (exact) mass is 457 g/mol. The van der Waals surface area contributed by atoms with E-state index in [0.717, 1.165) is 40.9 Å². The zero-order valence-electron chi connectivity index (χ0n) is 16.9. The van der Waals surface area contributed by atoms with E-state index in [9.17, 15) is 22.8 Å². The smallest absolute Gasteiger partial charge is 0.347 e. The fourth-order valence-corrected chi connectivity index (χ4v) is 3.97. The molecule has 2 heterocycles. The maximum absolute atomic E-state index is 13.2. The summed E-state index contributed by atoms with van der Waals surface area (Å²) in [6, 6.07) is 11.8. The number of benzene rings is 2. The maximum atomic E-state index is 13.2. The average molecular weight is 457 g/mol. The van der Waals surface area contributed by atoms with E-state index in [4.69, 9.17) is 12.2 Å². The summed E-state index contributed by atoms with van der Waals surface area (Å²) in [6.07, 6.45) is -0.386. The Hall–Kier alpha value is -3.46. The summed E-state index contributed by atoms with van der Waals surface area (Å²) in [5.41, 5.74) is 0.402. The summed E-state index contributed by atoms with van der Waals surface area (Å²) in [5.74, 6) is -1.49. The number of hydrogen-bond acceptors (Lipinski definition) is 3. The van der Waals surface area contributed by atoms with Crippen LogP contribution >= 0.6 is 12.2 Å². The Bertz CT molecular complexity index is 1280. The normalized spacial score (nSPS) is 16.2. The molecule has 1 N–H and O–H groups in total. The van der Waals surface area contributed by atoms with E-state index in [0.29, 0.717) is 5.56 Å². The van der Waals surface area contributed by atoms with E-state index < -0.39 is 23.6 Å². The number of alkyl halides is 3. The van der Waals surface area contributed by atoms with Gasteiger partial charge in [-0.1, -0.05) is 31.2 Å². The number of carbonyl (C=O) groups excluding carboxylic acids is 2. The molecule has 2 aromatic carbocycles. The summed E-state index contributed by atoms with van der Waals surface area (Å²) in [5, 5.41) is 2.99. The Morgan fingerprint density at radius 1 is 1.09 bits per heavy atom. The number of nitrogens with one attached hydrogen (secondary N) is 1. The minimum absolute atomic E-state index is 0.0749. The third-order valence-corrected chi connectivity index (χ3v) is 5.40. The van der Waals surface area contributed by atoms with Gasteiger partial charge in [0.15, 0.2) is 5.11 Å². The fourth-order valence-electron chi connectivity index (χ4n) is 3.68. The van der Waals surface area contributed by atoms with E-state index in [1.807, 2.05) is 42.0 Å². The number of fused-ring (bicyclic) bond motifs is 1. The molecule has 1 aliphatic heterocycles. The van der Waals surface area contributed by atoms with Crippen molar-refractivity contribution in [2.45, 2.75) is 26.1 Å². The second kappa shape index (κ2) is 8.23. The van der Waals surface area contributed by atoms with Gasteiger partial charge in [-0.2, -0.15) is 13.2 Å². The highest BCUT2D eigenvalue weighted by Crippen LogP contribution is 2.33. The molecule has 4 rings (SSSR count). The molecule has 0 unspecified atom stereocenters. The molecule has 0 atom stereocenters. The van der Waals surface area contributed by atoms with Gasteiger partial charge < -0.3 is 4.57 Å². The van der Waals surface area contributed by atoms with Gasteiger partial charge in [0.25, 0.3) is 11.8 Å². The van der Waals surface area contributed by atoms with Crippen molar-refractivity contribution >= 4 is 51.8 Å². The predicted octanol–water partition coefficient (Wildman–Crippen LogP) is 4.90. The van der Waals surface area contributed by atoms with Crippen LogP contribution in [0.2, 0.25) is 0 Å². The third kappa shape index (κ3) is 3.91. The van der Waals surface area contributed by atoms with Gasteiger partial charge in [0.05, 0.1) is 11.3 Å². The van der Waals surface area contributed by atoms with Crippen molar-refractivity contribution in [1.82, 2.24) is 9.88 Å². The number of halogens is 3. The van der Waals surface area contributed by atoms with Crippen LogP contribution in [0.15, 0.2) is 60.3 Å². The molecule has 0 bridgehead atoms. The van der Waals surface area contributed by atoms with Crippen LogP contribution in [0.3, 0.4) is 0 Å². The Balaban J connectivity index is 1.79. The lowest BCUT2D eigenvalue weighted by Crippen LogP contribution is -2.54. The van der Waals surface area contributed by atoms with Crippen molar-refractivity contribution in [2.75, 3.05) is 4.90 Å². The fraction of sp³-hybridized carbons (Fsp3) is 0.174. The van der Waals surface area contributed by atoms with Crippen LogP contribution in [0.4, 0.5) is 18.9 Å². The second-order valence-electron chi connectivity index (χ2n) is 7.30. The second-order valence-corrected chi connectivity index (χ2v) is 7.69. The summed E-state index contributed by atoms with van der Waals surface area (Å²) >= 11 is 5.09. The number of thiocarbonyl (C=S) groups is 1. The van der Waals surface area contributed by atoms with Gasteiger partial charge in [-0.05, 0) is 49.0 Å². The first-order valence-electron chi connectivity index (χ1n) is 9.87. The van der Waals surface area contributed by atoms with Gasteiger partial charge in [-0.15, -0.1) is 0 Å². The van der Waals surface area contributed by atoms with E-state index in [1.54, 1.807) is 0 Å². The number of amides is 2. The largest absolute Gasteiger partial charge is 0.416 e. The molecule has 1 fully saturated rings. The molecule has 3 aromatic rings. The van der Waals surface area contributed by atoms with Crippen molar-refractivity contribution in [3.63, 3.8) is 0 Å². The Morgan fingerprint density at radius 2 is 1.84 bits per heavy atom.